The lowest BCUT2D eigenvalue weighted by Crippen LogP contribution is -2.32. The van der Waals surface area contributed by atoms with Gasteiger partial charge in [-0.15, -0.1) is 0 Å². The third-order valence-electron chi connectivity index (χ3n) is 4.29. The van der Waals surface area contributed by atoms with Gasteiger partial charge in [0.15, 0.2) is 0 Å². The highest BCUT2D eigenvalue weighted by Gasteiger charge is 2.35. The van der Waals surface area contributed by atoms with Crippen LogP contribution in [0.1, 0.15) is 28.3 Å². The molecule has 0 aliphatic carbocycles. The first-order chi connectivity index (χ1) is 11.6. The van der Waals surface area contributed by atoms with Crippen LogP contribution in [-0.2, 0) is 4.79 Å². The van der Waals surface area contributed by atoms with Gasteiger partial charge < -0.3 is 9.47 Å². The standard InChI is InChI=1S/C19H19NO4/c1-23-16-7-3-13(4-8-16)15-11-18(21)20(12-15)19(22)14-5-9-17(24-2)10-6-14/h3-10,15H,11-12H2,1-2H3/t15-/m0/s1. The lowest BCUT2D eigenvalue weighted by Gasteiger charge is -2.15. The number of carbonyl (C=O) groups is 2. The predicted molar refractivity (Wildman–Crippen MR) is 89.4 cm³/mol. The molecule has 24 heavy (non-hydrogen) atoms. The quantitative estimate of drug-likeness (QED) is 0.811. The normalized spacial score (nSPS) is 17.0. The molecule has 1 aliphatic heterocycles. The van der Waals surface area contributed by atoms with Crippen molar-refractivity contribution in [2.75, 3.05) is 20.8 Å². The Kier molecular flexibility index (Phi) is 4.51. The van der Waals surface area contributed by atoms with E-state index in [1.807, 2.05) is 24.3 Å². The molecule has 0 unspecified atom stereocenters. The zero-order valence-electron chi connectivity index (χ0n) is 13.7. The fourth-order valence-corrected chi connectivity index (χ4v) is 2.89. The number of amides is 2. The van der Waals surface area contributed by atoms with Crippen molar-refractivity contribution in [3.63, 3.8) is 0 Å². The van der Waals surface area contributed by atoms with Gasteiger partial charge in [-0.1, -0.05) is 12.1 Å². The molecule has 2 amide bonds. The second-order valence-corrected chi connectivity index (χ2v) is 5.71. The van der Waals surface area contributed by atoms with E-state index >= 15 is 0 Å². The molecule has 0 radical (unpaired) electrons. The number of hydrogen-bond donors (Lipinski definition) is 0. The summed E-state index contributed by atoms with van der Waals surface area (Å²) in [4.78, 5) is 26.2. The zero-order valence-corrected chi connectivity index (χ0v) is 13.7. The minimum absolute atomic E-state index is 0.0191. The van der Waals surface area contributed by atoms with Crippen LogP contribution in [0.25, 0.3) is 0 Å². The molecular weight excluding hydrogens is 306 g/mol. The Morgan fingerprint density at radius 2 is 1.50 bits per heavy atom. The Hall–Kier alpha value is -2.82. The van der Waals surface area contributed by atoms with Crippen molar-refractivity contribution in [1.82, 2.24) is 4.90 Å². The van der Waals surface area contributed by atoms with Gasteiger partial charge in [0, 0.05) is 24.4 Å². The molecule has 2 aromatic carbocycles. The van der Waals surface area contributed by atoms with E-state index in [1.54, 1.807) is 38.5 Å². The van der Waals surface area contributed by atoms with Crippen LogP contribution >= 0.6 is 0 Å². The molecule has 1 fully saturated rings. The SMILES string of the molecule is COc1ccc(C(=O)N2C[C@@H](c3ccc(OC)cc3)CC2=O)cc1. The first-order valence-electron chi connectivity index (χ1n) is 7.75. The van der Waals surface area contributed by atoms with Gasteiger partial charge in [0.25, 0.3) is 5.91 Å². The average Bonchev–Trinajstić information content (AvgIpc) is 3.03. The topological polar surface area (TPSA) is 55.8 Å². The summed E-state index contributed by atoms with van der Waals surface area (Å²) in [6, 6.07) is 14.4. The van der Waals surface area contributed by atoms with Crippen molar-refractivity contribution in [1.29, 1.82) is 0 Å². The second kappa shape index (κ2) is 6.74. The molecule has 0 aromatic heterocycles. The van der Waals surface area contributed by atoms with Crippen LogP contribution in [0.2, 0.25) is 0 Å². The lowest BCUT2D eigenvalue weighted by molar-refractivity contribution is -0.125. The van der Waals surface area contributed by atoms with Crippen LogP contribution in [0.15, 0.2) is 48.5 Å². The molecule has 0 saturated carbocycles. The molecule has 5 heteroatoms. The highest BCUT2D eigenvalue weighted by molar-refractivity contribution is 6.06. The van der Waals surface area contributed by atoms with Gasteiger partial charge in [-0.3, -0.25) is 14.5 Å². The van der Waals surface area contributed by atoms with E-state index < -0.39 is 0 Å². The number of nitrogens with zero attached hydrogens (tertiary/aromatic N) is 1. The summed E-state index contributed by atoms with van der Waals surface area (Å²) >= 11 is 0. The number of hydrogen-bond acceptors (Lipinski definition) is 4. The molecule has 1 heterocycles. The number of methoxy groups -OCH3 is 2. The summed E-state index contributed by atoms with van der Waals surface area (Å²) in [7, 11) is 3.18. The average molecular weight is 325 g/mol. The Morgan fingerprint density at radius 1 is 0.958 bits per heavy atom. The Labute approximate surface area is 140 Å². The van der Waals surface area contributed by atoms with Gasteiger partial charge in [-0.25, -0.2) is 0 Å². The number of ether oxygens (including phenoxy) is 2. The number of rotatable bonds is 4. The summed E-state index contributed by atoms with van der Waals surface area (Å²) in [5.41, 5.74) is 1.52. The first-order valence-corrected chi connectivity index (χ1v) is 7.75. The number of benzene rings is 2. The van der Waals surface area contributed by atoms with Gasteiger partial charge in [0.1, 0.15) is 11.5 Å². The van der Waals surface area contributed by atoms with Crippen molar-refractivity contribution >= 4 is 11.8 Å². The van der Waals surface area contributed by atoms with Gasteiger partial charge in [-0.2, -0.15) is 0 Å². The van der Waals surface area contributed by atoms with Crippen LogP contribution in [0.5, 0.6) is 11.5 Å². The minimum atomic E-state index is -0.265. The molecule has 1 atom stereocenters. The monoisotopic (exact) mass is 325 g/mol. The molecule has 2 aromatic rings. The van der Waals surface area contributed by atoms with Crippen molar-refractivity contribution in [3.8, 4) is 11.5 Å². The van der Waals surface area contributed by atoms with Crippen LogP contribution < -0.4 is 9.47 Å². The fourth-order valence-electron chi connectivity index (χ4n) is 2.89. The van der Waals surface area contributed by atoms with Crippen molar-refractivity contribution < 1.29 is 19.1 Å². The van der Waals surface area contributed by atoms with Gasteiger partial charge in [0.05, 0.1) is 14.2 Å². The lowest BCUT2D eigenvalue weighted by atomic mass is 9.98. The van der Waals surface area contributed by atoms with Gasteiger partial charge in [-0.05, 0) is 42.0 Å². The fraction of sp³-hybridized carbons (Fsp3) is 0.263. The molecule has 1 saturated heterocycles. The van der Waals surface area contributed by atoms with E-state index in [2.05, 4.69) is 0 Å². The maximum atomic E-state index is 12.6. The molecule has 124 valence electrons. The van der Waals surface area contributed by atoms with Crippen LogP contribution in [-0.4, -0.2) is 37.5 Å². The zero-order chi connectivity index (χ0) is 17.1. The number of carbonyl (C=O) groups excluding carboxylic acids is 2. The molecule has 0 N–H and O–H groups in total. The Morgan fingerprint density at radius 3 is 2.04 bits per heavy atom. The molecule has 0 spiro atoms. The van der Waals surface area contributed by atoms with E-state index in [0.717, 1.165) is 11.3 Å². The van der Waals surface area contributed by atoms with E-state index in [9.17, 15) is 9.59 Å². The minimum Gasteiger partial charge on any atom is -0.497 e. The van der Waals surface area contributed by atoms with E-state index in [4.69, 9.17) is 9.47 Å². The second-order valence-electron chi connectivity index (χ2n) is 5.71. The summed E-state index contributed by atoms with van der Waals surface area (Å²) in [5, 5.41) is 0. The predicted octanol–water partition coefficient (Wildman–Crippen LogP) is 2.86. The molecule has 5 nitrogen and oxygen atoms in total. The molecule has 3 rings (SSSR count). The van der Waals surface area contributed by atoms with Crippen LogP contribution in [0.3, 0.4) is 0 Å². The first kappa shape index (κ1) is 16.1. The maximum Gasteiger partial charge on any atom is 0.260 e. The molecular formula is C19H19NO4. The van der Waals surface area contributed by atoms with Crippen molar-refractivity contribution in [3.05, 3.63) is 59.7 Å². The third kappa shape index (κ3) is 3.11. The van der Waals surface area contributed by atoms with Crippen molar-refractivity contribution in [2.45, 2.75) is 12.3 Å². The van der Waals surface area contributed by atoms with Gasteiger partial charge >= 0.3 is 0 Å². The largest absolute Gasteiger partial charge is 0.497 e. The van der Waals surface area contributed by atoms with E-state index in [-0.39, 0.29) is 17.7 Å². The van der Waals surface area contributed by atoms with Crippen LogP contribution in [0, 0.1) is 0 Å². The number of imide groups is 1. The summed E-state index contributed by atoms with van der Waals surface area (Å²) in [6.07, 6.45) is 0.341. The van der Waals surface area contributed by atoms with Crippen molar-refractivity contribution in [2.24, 2.45) is 0 Å². The van der Waals surface area contributed by atoms with Crippen LogP contribution in [0.4, 0.5) is 0 Å². The van der Waals surface area contributed by atoms with E-state index in [1.165, 1.54) is 4.90 Å². The maximum absolute atomic E-state index is 12.6. The third-order valence-corrected chi connectivity index (χ3v) is 4.29. The van der Waals surface area contributed by atoms with E-state index in [0.29, 0.717) is 24.3 Å². The smallest absolute Gasteiger partial charge is 0.260 e. The molecule has 1 aliphatic rings. The summed E-state index contributed by atoms with van der Waals surface area (Å²) < 4.78 is 10.2. The highest BCUT2D eigenvalue weighted by atomic mass is 16.5. The highest BCUT2D eigenvalue weighted by Crippen LogP contribution is 2.30. The molecule has 0 bridgehead atoms. The number of likely N-dealkylation sites (tertiary alicyclic amines) is 1. The summed E-state index contributed by atoms with van der Waals surface area (Å²) in [6.45, 7) is 0.399. The summed E-state index contributed by atoms with van der Waals surface area (Å²) in [5.74, 6) is 1.06. The Bertz CT molecular complexity index is 737. The van der Waals surface area contributed by atoms with Gasteiger partial charge in [0.2, 0.25) is 5.91 Å². The Balaban J connectivity index is 1.74.